The minimum Gasteiger partial charge on any atom is -0.153 e. The van der Waals surface area contributed by atoms with E-state index < -0.39 is 0 Å². The Hall–Kier alpha value is 0.170. The van der Waals surface area contributed by atoms with E-state index in [1.165, 1.54) is 25.7 Å². The fourth-order valence-electron chi connectivity index (χ4n) is 1.21. The third-order valence-corrected chi connectivity index (χ3v) is 2.08. The van der Waals surface area contributed by atoms with E-state index in [9.17, 15) is 0 Å². The molecule has 0 aromatic carbocycles. The van der Waals surface area contributed by atoms with Gasteiger partial charge in [0.1, 0.15) is 0 Å². The molecule has 0 spiro atoms. The van der Waals surface area contributed by atoms with Gasteiger partial charge in [0.25, 0.3) is 0 Å². The van der Waals surface area contributed by atoms with Crippen LogP contribution in [0.1, 0.15) is 39.5 Å². The Morgan fingerprint density at radius 2 is 1.22 bits per heavy atom. The van der Waals surface area contributed by atoms with Crippen molar-refractivity contribution in [2.45, 2.75) is 39.5 Å². The maximum absolute atomic E-state index is 2.26. The molecule has 0 saturated carbocycles. The van der Waals surface area contributed by atoms with Crippen molar-refractivity contribution in [1.82, 2.24) is 0 Å². The molecule has 0 aromatic rings. The SMILES string of the molecule is CC1=C(C)CCCC1.P. The van der Waals surface area contributed by atoms with Gasteiger partial charge >= 0.3 is 0 Å². The van der Waals surface area contributed by atoms with Crippen LogP contribution in [0.15, 0.2) is 11.1 Å². The van der Waals surface area contributed by atoms with Crippen LogP contribution in [0.25, 0.3) is 0 Å². The monoisotopic (exact) mass is 144 g/mol. The van der Waals surface area contributed by atoms with Crippen LogP contribution in [-0.2, 0) is 0 Å². The van der Waals surface area contributed by atoms with Crippen molar-refractivity contribution in [2.24, 2.45) is 0 Å². The average Bonchev–Trinajstić information content (AvgIpc) is 1.77. The normalized spacial score (nSPS) is 19.3. The first-order valence-corrected chi connectivity index (χ1v) is 3.46. The van der Waals surface area contributed by atoms with E-state index in [2.05, 4.69) is 13.8 Å². The fourth-order valence-corrected chi connectivity index (χ4v) is 1.21. The maximum Gasteiger partial charge on any atom is -0.0320 e. The Bertz CT molecular complexity index is 99.7. The lowest BCUT2D eigenvalue weighted by Crippen LogP contribution is -1.92. The molecule has 1 unspecified atom stereocenters. The summed E-state index contributed by atoms with van der Waals surface area (Å²) in [5.41, 5.74) is 3.27. The standard InChI is InChI=1S/C8H14.H3P/c1-7-5-3-4-6-8(7)2;/h3-6H2,1-2H3;1H3. The molecule has 54 valence electrons. The van der Waals surface area contributed by atoms with Crippen molar-refractivity contribution in [3.05, 3.63) is 11.1 Å². The Balaban J connectivity index is 0.000000640. The lowest BCUT2D eigenvalue weighted by atomic mass is 9.94. The second-order valence-electron chi connectivity index (χ2n) is 2.77. The number of rotatable bonds is 0. The molecule has 0 saturated heterocycles. The molecule has 1 heteroatoms. The van der Waals surface area contributed by atoms with Crippen molar-refractivity contribution >= 4 is 9.90 Å². The quantitative estimate of drug-likeness (QED) is 0.362. The Labute approximate surface area is 61.3 Å². The summed E-state index contributed by atoms with van der Waals surface area (Å²) >= 11 is 0. The lowest BCUT2D eigenvalue weighted by molar-refractivity contribution is 0.672. The molecule has 0 nitrogen and oxygen atoms in total. The van der Waals surface area contributed by atoms with Gasteiger partial charge in [0.2, 0.25) is 0 Å². The molecule has 1 aliphatic carbocycles. The van der Waals surface area contributed by atoms with Crippen LogP contribution in [-0.4, -0.2) is 0 Å². The summed E-state index contributed by atoms with van der Waals surface area (Å²) in [4.78, 5) is 0. The number of allylic oxidation sites excluding steroid dienone is 2. The molecule has 0 heterocycles. The van der Waals surface area contributed by atoms with Crippen LogP contribution in [0, 0.1) is 0 Å². The highest BCUT2D eigenvalue weighted by Crippen LogP contribution is 2.22. The third kappa shape index (κ3) is 2.49. The predicted octanol–water partition coefficient (Wildman–Crippen LogP) is 2.95. The average molecular weight is 144 g/mol. The van der Waals surface area contributed by atoms with Gasteiger partial charge in [-0.05, 0) is 39.5 Å². The summed E-state index contributed by atoms with van der Waals surface area (Å²) in [6.45, 7) is 4.52. The smallest absolute Gasteiger partial charge is 0.0320 e. The van der Waals surface area contributed by atoms with Crippen LogP contribution in [0.3, 0.4) is 0 Å². The molecule has 1 aliphatic rings. The first-order chi connectivity index (χ1) is 3.80. The van der Waals surface area contributed by atoms with Crippen LogP contribution in [0.2, 0.25) is 0 Å². The summed E-state index contributed by atoms with van der Waals surface area (Å²) in [5.74, 6) is 0. The van der Waals surface area contributed by atoms with Gasteiger partial charge in [-0.25, -0.2) is 0 Å². The minimum atomic E-state index is 0. The van der Waals surface area contributed by atoms with E-state index in [1.807, 2.05) is 0 Å². The van der Waals surface area contributed by atoms with E-state index in [-0.39, 0.29) is 9.90 Å². The molecule has 0 fully saturated rings. The van der Waals surface area contributed by atoms with Gasteiger partial charge in [0.05, 0.1) is 0 Å². The van der Waals surface area contributed by atoms with Gasteiger partial charge in [0, 0.05) is 0 Å². The van der Waals surface area contributed by atoms with Gasteiger partial charge in [-0.2, -0.15) is 9.90 Å². The number of hydrogen-bond donors (Lipinski definition) is 0. The van der Waals surface area contributed by atoms with E-state index in [0.717, 1.165) is 0 Å². The Morgan fingerprint density at radius 3 is 1.44 bits per heavy atom. The zero-order valence-corrected chi connectivity index (χ0v) is 7.95. The van der Waals surface area contributed by atoms with Crippen LogP contribution >= 0.6 is 9.90 Å². The van der Waals surface area contributed by atoms with Gasteiger partial charge < -0.3 is 0 Å². The molecule has 0 radical (unpaired) electrons. The summed E-state index contributed by atoms with van der Waals surface area (Å²) in [6, 6.07) is 0. The van der Waals surface area contributed by atoms with Crippen LogP contribution in [0.4, 0.5) is 0 Å². The van der Waals surface area contributed by atoms with E-state index in [0.29, 0.717) is 0 Å². The molecule has 9 heavy (non-hydrogen) atoms. The molecular weight excluding hydrogens is 127 g/mol. The highest BCUT2D eigenvalue weighted by molar-refractivity contribution is 6.92. The fraction of sp³-hybridized carbons (Fsp3) is 0.750. The zero-order valence-electron chi connectivity index (χ0n) is 6.54. The second-order valence-corrected chi connectivity index (χ2v) is 2.77. The maximum atomic E-state index is 2.26. The van der Waals surface area contributed by atoms with Crippen molar-refractivity contribution in [3.8, 4) is 0 Å². The van der Waals surface area contributed by atoms with Gasteiger partial charge in [0.15, 0.2) is 0 Å². The molecule has 0 aromatic heterocycles. The van der Waals surface area contributed by atoms with Crippen molar-refractivity contribution in [1.29, 1.82) is 0 Å². The minimum absolute atomic E-state index is 0. The molecule has 0 N–H and O–H groups in total. The van der Waals surface area contributed by atoms with Crippen molar-refractivity contribution in [3.63, 3.8) is 0 Å². The molecule has 0 bridgehead atoms. The highest BCUT2D eigenvalue weighted by atomic mass is 31.0. The van der Waals surface area contributed by atoms with Crippen molar-refractivity contribution < 1.29 is 0 Å². The molecule has 1 rings (SSSR count). The molecule has 0 amide bonds. The van der Waals surface area contributed by atoms with E-state index in [1.54, 1.807) is 11.1 Å². The second kappa shape index (κ2) is 4.06. The third-order valence-electron chi connectivity index (χ3n) is 2.08. The molecule has 1 atom stereocenters. The summed E-state index contributed by atoms with van der Waals surface area (Å²) < 4.78 is 0. The predicted molar refractivity (Wildman–Crippen MR) is 47.9 cm³/mol. The first kappa shape index (κ1) is 9.17. The Kier molecular flexibility index (Phi) is 4.14. The summed E-state index contributed by atoms with van der Waals surface area (Å²) in [6.07, 6.45) is 5.55. The largest absolute Gasteiger partial charge is 0.153 e. The summed E-state index contributed by atoms with van der Waals surface area (Å²) in [5, 5.41) is 0. The molecular formula is C8H17P. The lowest BCUT2D eigenvalue weighted by Gasteiger charge is -2.12. The molecule has 0 aliphatic heterocycles. The van der Waals surface area contributed by atoms with Crippen molar-refractivity contribution in [2.75, 3.05) is 0 Å². The van der Waals surface area contributed by atoms with Gasteiger partial charge in [-0.1, -0.05) is 11.1 Å². The zero-order chi connectivity index (χ0) is 5.98. The van der Waals surface area contributed by atoms with E-state index in [4.69, 9.17) is 0 Å². The summed E-state index contributed by atoms with van der Waals surface area (Å²) in [7, 11) is 0. The van der Waals surface area contributed by atoms with Gasteiger partial charge in [-0.3, -0.25) is 0 Å². The first-order valence-electron chi connectivity index (χ1n) is 3.46. The van der Waals surface area contributed by atoms with Crippen LogP contribution < -0.4 is 0 Å². The number of hydrogen-bond acceptors (Lipinski definition) is 0. The topological polar surface area (TPSA) is 0 Å². The van der Waals surface area contributed by atoms with Gasteiger partial charge in [-0.15, -0.1) is 0 Å². The highest BCUT2D eigenvalue weighted by Gasteiger charge is 2.02. The Morgan fingerprint density at radius 1 is 0.889 bits per heavy atom. The van der Waals surface area contributed by atoms with Crippen LogP contribution in [0.5, 0.6) is 0 Å². The van der Waals surface area contributed by atoms with E-state index >= 15 is 0 Å².